The van der Waals surface area contributed by atoms with Crippen molar-refractivity contribution in [3.05, 3.63) is 64.7 Å². The first-order chi connectivity index (χ1) is 20.5. The van der Waals surface area contributed by atoms with Crippen molar-refractivity contribution in [3.63, 3.8) is 0 Å². The van der Waals surface area contributed by atoms with E-state index in [2.05, 4.69) is 21.3 Å². The number of para-hydroxylation sites is 1. The maximum atomic E-state index is 13.6. The second-order valence-corrected chi connectivity index (χ2v) is 12.2. The first-order valence-electron chi connectivity index (χ1n) is 14.7. The number of halogens is 1. The summed E-state index contributed by atoms with van der Waals surface area (Å²) in [5, 5.41) is 11.5. The van der Waals surface area contributed by atoms with Gasteiger partial charge in [-0.05, 0) is 48.4 Å². The number of carbonyl (C=O) groups excluding carboxylic acids is 4. The number of hydrogen-bond acceptors (Lipinski definition) is 6. The standard InChI is InChI=1S/C32H43ClN4O6/c1-32(2,3)21-35-28(38)18-25-31(41)37-26(30(40)34-19-22-12-6-8-14-24(22)33)20-42-16-10-4-5-11-17-43-27-15-9-7-13-23(27)29(39)36-25/h6-9,12-15,25-26H,4-5,10-11,16-21H2,1-3H3,(H,34,40)(H,35,38)(H,36,39)(H,37,41)/t25-,26-/m0/s1. The summed E-state index contributed by atoms with van der Waals surface area (Å²) < 4.78 is 11.7. The molecule has 1 aliphatic rings. The van der Waals surface area contributed by atoms with Gasteiger partial charge < -0.3 is 30.7 Å². The van der Waals surface area contributed by atoms with Crippen molar-refractivity contribution in [1.82, 2.24) is 21.3 Å². The third-order valence-electron chi connectivity index (χ3n) is 6.73. The minimum Gasteiger partial charge on any atom is -0.493 e. The first-order valence-corrected chi connectivity index (χ1v) is 15.1. The molecule has 11 heteroatoms. The molecule has 0 saturated carbocycles. The average molecular weight is 615 g/mol. The maximum Gasteiger partial charge on any atom is 0.255 e. The lowest BCUT2D eigenvalue weighted by atomic mass is 9.97. The third kappa shape index (κ3) is 11.9. The SMILES string of the molecule is CC(C)(C)CNC(=O)C[C@@H]1NC(=O)c2ccccc2OCCCCCCOC[C@@H](C(=O)NCc2ccccc2Cl)NC1=O. The van der Waals surface area contributed by atoms with Crippen molar-refractivity contribution in [2.75, 3.05) is 26.4 Å². The van der Waals surface area contributed by atoms with Gasteiger partial charge in [-0.2, -0.15) is 0 Å². The fourth-order valence-electron chi connectivity index (χ4n) is 4.29. The van der Waals surface area contributed by atoms with Crippen LogP contribution in [-0.4, -0.2) is 62.1 Å². The fourth-order valence-corrected chi connectivity index (χ4v) is 4.49. The average Bonchev–Trinajstić information content (AvgIpc) is 2.97. The van der Waals surface area contributed by atoms with Crippen LogP contribution >= 0.6 is 11.6 Å². The molecule has 0 saturated heterocycles. The van der Waals surface area contributed by atoms with Gasteiger partial charge in [0.2, 0.25) is 17.7 Å². The second kappa shape index (κ2) is 16.9. The predicted octanol–water partition coefficient (Wildman–Crippen LogP) is 3.76. The third-order valence-corrected chi connectivity index (χ3v) is 7.10. The Labute approximate surface area is 258 Å². The molecular formula is C32H43ClN4O6. The molecular weight excluding hydrogens is 572 g/mol. The Balaban J connectivity index is 1.83. The van der Waals surface area contributed by atoms with Crippen LogP contribution in [0, 0.1) is 5.41 Å². The molecule has 0 spiro atoms. The summed E-state index contributed by atoms with van der Waals surface area (Å²) in [6, 6.07) is 11.6. The molecule has 3 rings (SSSR count). The van der Waals surface area contributed by atoms with Crippen molar-refractivity contribution >= 4 is 35.2 Å². The van der Waals surface area contributed by atoms with Crippen molar-refractivity contribution in [2.24, 2.45) is 5.41 Å². The molecule has 2 aromatic rings. The monoisotopic (exact) mass is 614 g/mol. The smallest absolute Gasteiger partial charge is 0.255 e. The summed E-state index contributed by atoms with van der Waals surface area (Å²) in [5.74, 6) is -1.77. The van der Waals surface area contributed by atoms with Gasteiger partial charge in [0.15, 0.2) is 0 Å². The Morgan fingerprint density at radius 2 is 1.63 bits per heavy atom. The summed E-state index contributed by atoms with van der Waals surface area (Å²) in [4.78, 5) is 53.1. The molecule has 0 radical (unpaired) electrons. The number of rotatable bonds is 6. The molecule has 43 heavy (non-hydrogen) atoms. The highest BCUT2D eigenvalue weighted by atomic mass is 35.5. The molecule has 0 aromatic heterocycles. The number of carbonyl (C=O) groups is 4. The number of benzene rings is 2. The van der Waals surface area contributed by atoms with E-state index in [1.807, 2.05) is 26.8 Å². The zero-order chi connectivity index (χ0) is 31.2. The van der Waals surface area contributed by atoms with Gasteiger partial charge in [-0.25, -0.2) is 0 Å². The van der Waals surface area contributed by atoms with Crippen LogP contribution in [0.3, 0.4) is 0 Å². The van der Waals surface area contributed by atoms with Gasteiger partial charge in [-0.1, -0.05) is 69.1 Å². The van der Waals surface area contributed by atoms with Gasteiger partial charge in [0.25, 0.3) is 5.91 Å². The molecule has 0 unspecified atom stereocenters. The number of nitrogens with one attached hydrogen (secondary N) is 4. The molecule has 0 fully saturated rings. The summed E-state index contributed by atoms with van der Waals surface area (Å²) in [6.07, 6.45) is 3.04. The fraction of sp³-hybridized carbons (Fsp3) is 0.500. The van der Waals surface area contributed by atoms with Crippen molar-refractivity contribution in [2.45, 2.75) is 71.5 Å². The molecule has 10 nitrogen and oxygen atoms in total. The molecule has 0 aliphatic carbocycles. The van der Waals surface area contributed by atoms with Gasteiger partial charge >= 0.3 is 0 Å². The Morgan fingerprint density at radius 1 is 0.930 bits per heavy atom. The number of amides is 4. The van der Waals surface area contributed by atoms with Gasteiger partial charge in [0.1, 0.15) is 17.8 Å². The molecule has 4 amide bonds. The maximum absolute atomic E-state index is 13.6. The van der Waals surface area contributed by atoms with Crippen LogP contribution in [0.2, 0.25) is 5.02 Å². The highest BCUT2D eigenvalue weighted by molar-refractivity contribution is 6.31. The van der Waals surface area contributed by atoms with Crippen LogP contribution in [0.15, 0.2) is 48.5 Å². The van der Waals surface area contributed by atoms with Gasteiger partial charge in [0, 0.05) is 24.7 Å². The Hall–Kier alpha value is -3.63. The Kier molecular flexibility index (Phi) is 13.3. The largest absolute Gasteiger partial charge is 0.493 e. The molecule has 2 aromatic carbocycles. The number of ether oxygens (including phenoxy) is 2. The van der Waals surface area contributed by atoms with Crippen molar-refractivity contribution in [3.8, 4) is 5.75 Å². The summed E-state index contributed by atoms with van der Waals surface area (Å²) in [7, 11) is 0. The van der Waals surface area contributed by atoms with Gasteiger partial charge in [-0.3, -0.25) is 19.2 Å². The van der Waals surface area contributed by atoms with Crippen LogP contribution in [0.1, 0.15) is 68.8 Å². The molecule has 234 valence electrons. The summed E-state index contributed by atoms with van der Waals surface area (Å²) >= 11 is 6.24. The Bertz CT molecular complexity index is 1250. The van der Waals surface area contributed by atoms with Crippen molar-refractivity contribution in [1.29, 1.82) is 0 Å². The lowest BCUT2D eigenvalue weighted by molar-refractivity contribution is -0.132. The van der Waals surface area contributed by atoms with E-state index in [4.69, 9.17) is 21.1 Å². The van der Waals surface area contributed by atoms with Gasteiger partial charge in [0.05, 0.1) is 25.2 Å². The Morgan fingerprint density at radius 3 is 2.37 bits per heavy atom. The van der Waals surface area contributed by atoms with E-state index in [0.717, 1.165) is 31.2 Å². The zero-order valence-corrected chi connectivity index (χ0v) is 25.9. The number of fused-ring (bicyclic) bond motifs is 1. The van der Waals surface area contributed by atoms with E-state index < -0.39 is 35.7 Å². The van der Waals surface area contributed by atoms with E-state index in [1.165, 1.54) is 0 Å². The molecule has 0 bridgehead atoms. The number of hydrogen-bond donors (Lipinski definition) is 4. The summed E-state index contributed by atoms with van der Waals surface area (Å²) in [6.45, 7) is 7.20. The van der Waals surface area contributed by atoms with E-state index >= 15 is 0 Å². The summed E-state index contributed by atoms with van der Waals surface area (Å²) in [5.41, 5.74) is 0.784. The lowest BCUT2D eigenvalue weighted by Crippen LogP contribution is -2.56. The van der Waals surface area contributed by atoms with Crippen LogP contribution in [-0.2, 0) is 25.7 Å². The highest BCUT2D eigenvalue weighted by Gasteiger charge is 2.30. The molecule has 4 N–H and O–H groups in total. The molecule has 1 heterocycles. The highest BCUT2D eigenvalue weighted by Crippen LogP contribution is 2.19. The van der Waals surface area contributed by atoms with E-state index in [1.54, 1.807) is 42.5 Å². The van der Waals surface area contributed by atoms with E-state index in [0.29, 0.717) is 30.5 Å². The van der Waals surface area contributed by atoms with Crippen LogP contribution in [0.4, 0.5) is 0 Å². The topological polar surface area (TPSA) is 135 Å². The zero-order valence-electron chi connectivity index (χ0n) is 25.2. The predicted molar refractivity (Wildman–Crippen MR) is 165 cm³/mol. The van der Waals surface area contributed by atoms with Crippen LogP contribution in [0.5, 0.6) is 5.75 Å². The lowest BCUT2D eigenvalue weighted by Gasteiger charge is -2.24. The second-order valence-electron chi connectivity index (χ2n) is 11.8. The minimum absolute atomic E-state index is 0.0804. The molecule has 1 aliphatic heterocycles. The quantitative estimate of drug-likeness (QED) is 0.391. The van der Waals surface area contributed by atoms with Gasteiger partial charge in [-0.15, -0.1) is 0 Å². The van der Waals surface area contributed by atoms with E-state index in [9.17, 15) is 19.2 Å². The first kappa shape index (κ1) is 33.9. The normalized spacial score (nSPS) is 19.1. The minimum atomic E-state index is -1.27. The van der Waals surface area contributed by atoms with Crippen LogP contribution in [0.25, 0.3) is 0 Å². The van der Waals surface area contributed by atoms with Crippen LogP contribution < -0.4 is 26.0 Å². The van der Waals surface area contributed by atoms with E-state index in [-0.39, 0.29) is 30.6 Å². The van der Waals surface area contributed by atoms with Crippen molar-refractivity contribution < 1.29 is 28.7 Å². The molecule has 2 atom stereocenters.